The number of nitrogens with zero attached hydrogens (tertiary/aromatic N) is 5. The summed E-state index contributed by atoms with van der Waals surface area (Å²) in [6.45, 7) is 1.54. The molecule has 40 heavy (non-hydrogen) atoms. The summed E-state index contributed by atoms with van der Waals surface area (Å²) in [5.74, 6) is 8.42. The third-order valence-electron chi connectivity index (χ3n) is 7.54. The standard InChI is InChI=1S/C28H33N7O4S/c36-22-6-3-19(4-7-22)15-30-25-14-27(31-16-20(25)5-8-23-2-1-13-39-23)33-26-11-12-29-28(34-26)21-17-32-35(18-21)40(37,38)24-9-10-24/h11-12,14,16-19,22-24,36H,1-4,6-7,9-10,13,15H2,(H2,29,30,31,33,34)/t19-,22-,23?. The Kier molecular flexibility index (Phi) is 7.69. The van der Waals surface area contributed by atoms with Gasteiger partial charge in [-0.2, -0.15) is 9.19 Å². The summed E-state index contributed by atoms with van der Waals surface area (Å²) in [5.41, 5.74) is 2.18. The van der Waals surface area contributed by atoms with Gasteiger partial charge in [0.05, 0.1) is 40.6 Å². The molecule has 0 aromatic carbocycles. The number of nitrogens with one attached hydrogen (secondary N) is 2. The Bertz CT molecular complexity index is 1510. The van der Waals surface area contributed by atoms with E-state index in [-0.39, 0.29) is 17.5 Å². The Balaban J connectivity index is 1.20. The van der Waals surface area contributed by atoms with Crippen LogP contribution in [0.2, 0.25) is 0 Å². The van der Waals surface area contributed by atoms with Gasteiger partial charge in [0.1, 0.15) is 17.7 Å². The van der Waals surface area contributed by atoms with Crippen LogP contribution in [-0.4, -0.2) is 68.3 Å². The predicted octanol–water partition coefficient (Wildman–Crippen LogP) is 3.31. The molecule has 0 amide bonds. The molecule has 3 fully saturated rings. The molecule has 1 saturated heterocycles. The maximum Gasteiger partial charge on any atom is 0.256 e. The summed E-state index contributed by atoms with van der Waals surface area (Å²) in [4.78, 5) is 13.4. The molecule has 3 N–H and O–H groups in total. The van der Waals surface area contributed by atoms with Crippen LogP contribution >= 0.6 is 0 Å². The van der Waals surface area contributed by atoms with Crippen molar-refractivity contribution in [2.45, 2.75) is 68.8 Å². The molecule has 3 aliphatic rings. The van der Waals surface area contributed by atoms with Crippen molar-refractivity contribution in [1.82, 2.24) is 24.1 Å². The largest absolute Gasteiger partial charge is 0.393 e. The molecule has 2 saturated carbocycles. The number of hydrogen-bond donors (Lipinski definition) is 3. The number of aromatic nitrogens is 5. The lowest BCUT2D eigenvalue weighted by molar-refractivity contribution is 0.111. The van der Waals surface area contributed by atoms with E-state index in [9.17, 15) is 13.5 Å². The number of rotatable bonds is 8. The first-order valence-corrected chi connectivity index (χ1v) is 15.4. The van der Waals surface area contributed by atoms with Crippen LogP contribution in [0.5, 0.6) is 0 Å². The van der Waals surface area contributed by atoms with Crippen LogP contribution in [0.3, 0.4) is 0 Å². The normalized spacial score (nSPS) is 22.9. The lowest BCUT2D eigenvalue weighted by atomic mass is 9.87. The maximum absolute atomic E-state index is 12.5. The first-order chi connectivity index (χ1) is 19.4. The van der Waals surface area contributed by atoms with Crippen LogP contribution in [0.1, 0.15) is 56.9 Å². The third-order valence-corrected chi connectivity index (χ3v) is 9.57. The molecule has 1 atom stereocenters. The molecule has 2 aliphatic carbocycles. The van der Waals surface area contributed by atoms with Crippen molar-refractivity contribution in [3.05, 3.63) is 42.5 Å². The van der Waals surface area contributed by atoms with Crippen LogP contribution in [0, 0.1) is 17.8 Å². The van der Waals surface area contributed by atoms with Gasteiger partial charge in [-0.1, -0.05) is 11.8 Å². The summed E-state index contributed by atoms with van der Waals surface area (Å²) in [5, 5.41) is 20.3. The van der Waals surface area contributed by atoms with E-state index >= 15 is 0 Å². The van der Waals surface area contributed by atoms with E-state index < -0.39 is 10.0 Å². The number of anilines is 3. The van der Waals surface area contributed by atoms with Crippen molar-refractivity contribution in [2.24, 2.45) is 5.92 Å². The van der Waals surface area contributed by atoms with Crippen LogP contribution in [0.4, 0.5) is 17.3 Å². The lowest BCUT2D eigenvalue weighted by Crippen LogP contribution is -2.23. The highest BCUT2D eigenvalue weighted by Gasteiger charge is 2.37. The molecule has 3 aromatic heterocycles. The summed E-state index contributed by atoms with van der Waals surface area (Å²) in [6.07, 6.45) is 13.0. The van der Waals surface area contributed by atoms with E-state index in [1.54, 1.807) is 18.5 Å². The van der Waals surface area contributed by atoms with E-state index in [2.05, 4.69) is 42.5 Å². The molecule has 0 radical (unpaired) electrons. The van der Waals surface area contributed by atoms with Crippen LogP contribution in [0.15, 0.2) is 36.9 Å². The Hall–Kier alpha value is -3.53. The highest BCUT2D eigenvalue weighted by molar-refractivity contribution is 7.90. The second kappa shape index (κ2) is 11.5. The molecule has 3 aromatic rings. The van der Waals surface area contributed by atoms with E-state index in [1.165, 1.54) is 12.4 Å². The molecular weight excluding hydrogens is 530 g/mol. The Labute approximate surface area is 233 Å². The van der Waals surface area contributed by atoms with Crippen LogP contribution < -0.4 is 10.6 Å². The summed E-state index contributed by atoms with van der Waals surface area (Å²) < 4.78 is 31.7. The van der Waals surface area contributed by atoms with Crippen molar-refractivity contribution in [2.75, 3.05) is 23.8 Å². The van der Waals surface area contributed by atoms with Gasteiger partial charge in [-0.3, -0.25) is 0 Å². The smallest absolute Gasteiger partial charge is 0.256 e. The number of aliphatic hydroxyl groups is 1. The number of ether oxygens (including phenoxy) is 1. The number of hydrogen-bond acceptors (Lipinski definition) is 10. The first kappa shape index (κ1) is 26.7. The average Bonchev–Trinajstić information content (AvgIpc) is 3.47. The van der Waals surface area contributed by atoms with Gasteiger partial charge in [0.2, 0.25) is 0 Å². The predicted molar refractivity (Wildman–Crippen MR) is 150 cm³/mol. The fraction of sp³-hybridized carbons (Fsp3) is 0.500. The van der Waals surface area contributed by atoms with E-state index in [0.717, 1.165) is 67.0 Å². The van der Waals surface area contributed by atoms with Gasteiger partial charge in [0.25, 0.3) is 10.0 Å². The molecule has 1 unspecified atom stereocenters. The molecule has 11 nitrogen and oxygen atoms in total. The van der Waals surface area contributed by atoms with Gasteiger partial charge >= 0.3 is 0 Å². The van der Waals surface area contributed by atoms with Gasteiger partial charge in [-0.05, 0) is 63.4 Å². The van der Waals surface area contributed by atoms with E-state index in [0.29, 0.717) is 41.8 Å². The van der Waals surface area contributed by atoms with Crippen molar-refractivity contribution in [1.29, 1.82) is 0 Å². The molecule has 0 bridgehead atoms. The Morgan fingerprint density at radius 3 is 2.70 bits per heavy atom. The Morgan fingerprint density at radius 2 is 1.93 bits per heavy atom. The maximum atomic E-state index is 12.5. The van der Waals surface area contributed by atoms with E-state index in [4.69, 9.17) is 4.74 Å². The topological polar surface area (TPSA) is 144 Å². The second-order valence-corrected chi connectivity index (χ2v) is 12.7. The van der Waals surface area contributed by atoms with Gasteiger partial charge in [-0.15, -0.1) is 0 Å². The van der Waals surface area contributed by atoms with E-state index in [1.807, 2.05) is 6.07 Å². The van der Waals surface area contributed by atoms with Crippen molar-refractivity contribution in [3.63, 3.8) is 0 Å². The zero-order valence-electron chi connectivity index (χ0n) is 22.2. The summed E-state index contributed by atoms with van der Waals surface area (Å²) in [6, 6.07) is 3.64. The van der Waals surface area contributed by atoms with Gasteiger partial charge in [0.15, 0.2) is 5.82 Å². The molecule has 0 spiro atoms. The van der Waals surface area contributed by atoms with Gasteiger partial charge in [-0.25, -0.2) is 23.4 Å². The molecular formula is C28H33N7O4S. The average molecular weight is 564 g/mol. The minimum absolute atomic E-state index is 0.0476. The van der Waals surface area contributed by atoms with Crippen molar-refractivity contribution < 1.29 is 18.3 Å². The van der Waals surface area contributed by atoms with Gasteiger partial charge < -0.3 is 20.5 Å². The zero-order valence-corrected chi connectivity index (χ0v) is 23.0. The molecule has 1 aliphatic heterocycles. The number of aliphatic hydroxyl groups excluding tert-OH is 1. The second-order valence-electron chi connectivity index (χ2n) is 10.7. The summed E-state index contributed by atoms with van der Waals surface area (Å²) in [7, 11) is -3.46. The van der Waals surface area contributed by atoms with Gasteiger partial charge in [0, 0.05) is 31.6 Å². The van der Waals surface area contributed by atoms with Crippen LogP contribution in [-0.2, 0) is 14.8 Å². The van der Waals surface area contributed by atoms with Crippen molar-refractivity contribution in [3.8, 4) is 23.2 Å². The zero-order chi connectivity index (χ0) is 27.5. The molecule has 6 rings (SSSR count). The highest BCUT2D eigenvalue weighted by Crippen LogP contribution is 2.31. The summed E-state index contributed by atoms with van der Waals surface area (Å²) >= 11 is 0. The lowest BCUT2D eigenvalue weighted by Gasteiger charge is -2.26. The highest BCUT2D eigenvalue weighted by atomic mass is 32.2. The first-order valence-electron chi connectivity index (χ1n) is 13.9. The molecule has 210 valence electrons. The fourth-order valence-corrected chi connectivity index (χ4v) is 6.48. The monoisotopic (exact) mass is 563 g/mol. The van der Waals surface area contributed by atoms with Crippen LogP contribution in [0.25, 0.3) is 11.4 Å². The fourth-order valence-electron chi connectivity index (χ4n) is 5.00. The third kappa shape index (κ3) is 6.27. The quantitative estimate of drug-likeness (QED) is 0.349. The Morgan fingerprint density at radius 1 is 1.07 bits per heavy atom. The molecule has 4 heterocycles. The molecule has 12 heteroatoms. The number of pyridine rings is 1. The SMILES string of the molecule is O=S(=O)(C1CC1)n1cc(-c2nccc(Nc3cc(NC[C@H]4CC[C@H](O)CC4)c(C#CC4CCCO4)cn3)n2)cn1. The van der Waals surface area contributed by atoms with Crippen molar-refractivity contribution >= 4 is 27.3 Å². The minimum atomic E-state index is -3.46. The minimum Gasteiger partial charge on any atom is -0.393 e.